The van der Waals surface area contributed by atoms with Gasteiger partial charge in [-0.1, -0.05) is 28.1 Å². The molecule has 3 nitrogen and oxygen atoms in total. The molecule has 20 heavy (non-hydrogen) atoms. The van der Waals surface area contributed by atoms with Crippen molar-refractivity contribution in [2.24, 2.45) is 0 Å². The van der Waals surface area contributed by atoms with Gasteiger partial charge in [-0.3, -0.25) is 4.98 Å². The summed E-state index contributed by atoms with van der Waals surface area (Å²) in [6, 6.07) is 7.56. The molecule has 0 spiro atoms. The SMILES string of the molecule is S=C(COc1c(Br)cc(Br)cc1Br)Nc1cccnc1. The highest BCUT2D eigenvalue weighted by Gasteiger charge is 2.09. The summed E-state index contributed by atoms with van der Waals surface area (Å²) in [5.41, 5.74) is 0.843. The van der Waals surface area contributed by atoms with Gasteiger partial charge in [0.15, 0.2) is 0 Å². The molecule has 0 aliphatic heterocycles. The Morgan fingerprint density at radius 1 is 1.25 bits per heavy atom. The standard InChI is InChI=1S/C13H9Br3N2OS/c14-8-4-10(15)13(11(16)5-8)19-7-12(20)18-9-2-1-3-17-6-9/h1-6H,7H2,(H,18,20). The number of anilines is 1. The van der Waals surface area contributed by atoms with E-state index in [1.807, 2.05) is 24.3 Å². The fourth-order valence-electron chi connectivity index (χ4n) is 1.44. The predicted molar refractivity (Wildman–Crippen MR) is 95.5 cm³/mol. The van der Waals surface area contributed by atoms with E-state index in [0.29, 0.717) is 10.7 Å². The maximum atomic E-state index is 5.72. The van der Waals surface area contributed by atoms with Crippen LogP contribution in [0, 0.1) is 0 Å². The number of nitrogens with zero attached hydrogens (tertiary/aromatic N) is 1. The monoisotopic (exact) mass is 478 g/mol. The van der Waals surface area contributed by atoms with Crippen LogP contribution in [0.15, 0.2) is 50.1 Å². The van der Waals surface area contributed by atoms with Crippen molar-refractivity contribution in [3.05, 3.63) is 50.1 Å². The Hall–Kier alpha value is -0.500. The third kappa shape index (κ3) is 4.51. The molecule has 104 valence electrons. The van der Waals surface area contributed by atoms with Crippen LogP contribution in [-0.4, -0.2) is 16.6 Å². The molecule has 0 fully saturated rings. The van der Waals surface area contributed by atoms with E-state index in [0.717, 1.165) is 19.1 Å². The summed E-state index contributed by atoms with van der Waals surface area (Å²) in [7, 11) is 0. The fraction of sp³-hybridized carbons (Fsp3) is 0.0769. The molecule has 0 aliphatic rings. The normalized spacial score (nSPS) is 10.2. The number of rotatable bonds is 4. The number of benzene rings is 1. The summed E-state index contributed by atoms with van der Waals surface area (Å²) in [5.74, 6) is 0.712. The van der Waals surface area contributed by atoms with Crippen molar-refractivity contribution in [3.8, 4) is 5.75 Å². The van der Waals surface area contributed by atoms with E-state index in [9.17, 15) is 0 Å². The van der Waals surface area contributed by atoms with E-state index in [1.54, 1.807) is 12.4 Å². The smallest absolute Gasteiger partial charge is 0.148 e. The van der Waals surface area contributed by atoms with Crippen molar-refractivity contribution in [1.29, 1.82) is 0 Å². The van der Waals surface area contributed by atoms with Gasteiger partial charge in [-0.15, -0.1) is 0 Å². The van der Waals surface area contributed by atoms with E-state index >= 15 is 0 Å². The van der Waals surface area contributed by atoms with Gasteiger partial charge in [-0.25, -0.2) is 0 Å². The Labute approximate surface area is 147 Å². The largest absolute Gasteiger partial charge is 0.484 e. The highest BCUT2D eigenvalue weighted by molar-refractivity contribution is 9.11. The Morgan fingerprint density at radius 3 is 2.55 bits per heavy atom. The fourth-order valence-corrected chi connectivity index (χ4v) is 4.10. The van der Waals surface area contributed by atoms with E-state index in [2.05, 4.69) is 58.1 Å². The van der Waals surface area contributed by atoms with Gasteiger partial charge in [0.1, 0.15) is 17.3 Å². The van der Waals surface area contributed by atoms with E-state index < -0.39 is 0 Å². The van der Waals surface area contributed by atoms with Crippen molar-refractivity contribution in [2.45, 2.75) is 0 Å². The first-order chi connectivity index (χ1) is 9.56. The van der Waals surface area contributed by atoms with Crippen LogP contribution in [0.4, 0.5) is 5.69 Å². The van der Waals surface area contributed by atoms with Gasteiger partial charge >= 0.3 is 0 Å². The summed E-state index contributed by atoms with van der Waals surface area (Å²) < 4.78 is 8.38. The number of thiocarbonyl (C=S) groups is 1. The van der Waals surface area contributed by atoms with Gasteiger partial charge in [0, 0.05) is 10.7 Å². The number of pyridine rings is 1. The number of halogens is 3. The van der Waals surface area contributed by atoms with Crippen LogP contribution in [0.2, 0.25) is 0 Å². The van der Waals surface area contributed by atoms with Gasteiger partial charge in [-0.05, 0) is 56.1 Å². The van der Waals surface area contributed by atoms with Gasteiger partial charge < -0.3 is 10.1 Å². The van der Waals surface area contributed by atoms with Crippen LogP contribution in [0.25, 0.3) is 0 Å². The lowest BCUT2D eigenvalue weighted by atomic mass is 10.3. The Balaban J connectivity index is 1.97. The molecule has 0 saturated heterocycles. The van der Waals surface area contributed by atoms with Crippen LogP contribution in [0.3, 0.4) is 0 Å². The zero-order chi connectivity index (χ0) is 14.5. The first-order valence-electron chi connectivity index (χ1n) is 5.53. The first kappa shape index (κ1) is 15.9. The number of hydrogen-bond acceptors (Lipinski definition) is 3. The summed E-state index contributed by atoms with van der Waals surface area (Å²) in [6.45, 7) is 0.281. The number of ether oxygens (including phenoxy) is 1. The van der Waals surface area contributed by atoms with Crippen molar-refractivity contribution in [3.63, 3.8) is 0 Å². The summed E-state index contributed by atoms with van der Waals surface area (Å²) in [4.78, 5) is 4.59. The lowest BCUT2D eigenvalue weighted by molar-refractivity contribution is 0.373. The zero-order valence-corrected chi connectivity index (χ0v) is 15.6. The summed E-state index contributed by atoms with van der Waals surface area (Å²) >= 11 is 15.6. The molecule has 7 heteroatoms. The quantitative estimate of drug-likeness (QED) is 0.611. The van der Waals surface area contributed by atoms with Crippen molar-refractivity contribution in [2.75, 3.05) is 11.9 Å². The van der Waals surface area contributed by atoms with Crippen LogP contribution in [0.5, 0.6) is 5.75 Å². The number of hydrogen-bond donors (Lipinski definition) is 1. The zero-order valence-electron chi connectivity index (χ0n) is 10.1. The molecule has 0 radical (unpaired) electrons. The van der Waals surface area contributed by atoms with Gasteiger partial charge in [-0.2, -0.15) is 0 Å². The molecule has 2 rings (SSSR count). The Morgan fingerprint density at radius 2 is 1.95 bits per heavy atom. The third-order valence-corrected chi connectivity index (χ3v) is 4.11. The van der Waals surface area contributed by atoms with Crippen LogP contribution in [0.1, 0.15) is 0 Å². The van der Waals surface area contributed by atoms with Crippen LogP contribution in [-0.2, 0) is 0 Å². The molecular formula is C13H9Br3N2OS. The molecule has 0 aliphatic carbocycles. The topological polar surface area (TPSA) is 34.1 Å². The Bertz CT molecular complexity index is 599. The maximum Gasteiger partial charge on any atom is 0.148 e. The minimum absolute atomic E-state index is 0.281. The van der Waals surface area contributed by atoms with Crippen molar-refractivity contribution in [1.82, 2.24) is 4.98 Å². The first-order valence-corrected chi connectivity index (χ1v) is 8.32. The molecule has 0 saturated carbocycles. The lowest BCUT2D eigenvalue weighted by Gasteiger charge is -2.12. The highest BCUT2D eigenvalue weighted by Crippen LogP contribution is 2.36. The number of aromatic nitrogens is 1. The second kappa shape index (κ2) is 7.49. The molecule has 0 atom stereocenters. The molecule has 0 bridgehead atoms. The van der Waals surface area contributed by atoms with Gasteiger partial charge in [0.2, 0.25) is 0 Å². The van der Waals surface area contributed by atoms with Gasteiger partial charge in [0.05, 0.1) is 20.8 Å². The molecule has 0 unspecified atom stereocenters. The molecule has 1 N–H and O–H groups in total. The average molecular weight is 481 g/mol. The molecule has 1 aromatic carbocycles. The minimum Gasteiger partial charge on any atom is -0.484 e. The second-order valence-electron chi connectivity index (χ2n) is 3.78. The molecule has 1 aromatic heterocycles. The van der Waals surface area contributed by atoms with Crippen LogP contribution >= 0.6 is 60.0 Å². The van der Waals surface area contributed by atoms with Gasteiger partial charge in [0.25, 0.3) is 0 Å². The third-order valence-electron chi connectivity index (χ3n) is 2.26. The predicted octanol–water partition coefficient (Wildman–Crippen LogP) is 5.19. The number of nitrogens with one attached hydrogen (secondary N) is 1. The Kier molecular flexibility index (Phi) is 5.95. The minimum atomic E-state index is 0.281. The van der Waals surface area contributed by atoms with Crippen LogP contribution < -0.4 is 10.1 Å². The molecular weight excluding hydrogens is 472 g/mol. The van der Waals surface area contributed by atoms with E-state index in [-0.39, 0.29) is 6.61 Å². The molecule has 2 aromatic rings. The van der Waals surface area contributed by atoms with Crippen molar-refractivity contribution < 1.29 is 4.74 Å². The molecule has 0 amide bonds. The average Bonchev–Trinajstić information content (AvgIpc) is 2.38. The maximum absolute atomic E-state index is 5.72. The van der Waals surface area contributed by atoms with Crippen molar-refractivity contribution >= 4 is 70.7 Å². The van der Waals surface area contributed by atoms with E-state index in [1.165, 1.54) is 0 Å². The lowest BCUT2D eigenvalue weighted by Crippen LogP contribution is -2.18. The second-order valence-corrected chi connectivity index (χ2v) is 6.89. The van der Waals surface area contributed by atoms with E-state index in [4.69, 9.17) is 17.0 Å². The summed E-state index contributed by atoms with van der Waals surface area (Å²) in [5, 5.41) is 3.07. The molecule has 1 heterocycles. The highest BCUT2D eigenvalue weighted by atomic mass is 79.9. The summed E-state index contributed by atoms with van der Waals surface area (Å²) in [6.07, 6.45) is 3.42.